The molecule has 1 unspecified atom stereocenters. The molecule has 1 aliphatic heterocycles. The summed E-state index contributed by atoms with van der Waals surface area (Å²) in [6.45, 7) is 7.28. The van der Waals surface area contributed by atoms with Crippen LogP contribution in [0.15, 0.2) is 0 Å². The van der Waals surface area contributed by atoms with Gasteiger partial charge in [0, 0.05) is 13.1 Å². The quantitative estimate of drug-likeness (QED) is 0.722. The lowest BCUT2D eigenvalue weighted by Crippen LogP contribution is -2.53. The highest BCUT2D eigenvalue weighted by Gasteiger charge is 2.39. The number of rotatable bonds is 5. The topological polar surface area (TPSA) is 69.6 Å². The highest BCUT2D eigenvalue weighted by Crippen LogP contribution is 2.21. The summed E-state index contributed by atoms with van der Waals surface area (Å²) in [5, 5.41) is 11.9. The molecule has 0 aromatic heterocycles. The maximum absolute atomic E-state index is 12.0. The van der Waals surface area contributed by atoms with Gasteiger partial charge in [-0.25, -0.2) is 0 Å². The fourth-order valence-corrected chi connectivity index (χ4v) is 2.22. The van der Waals surface area contributed by atoms with E-state index in [4.69, 9.17) is 5.11 Å². The SMILES string of the molecule is CCCCCN1CC(C(=O)O)CNC(=O)C1(C)C. The molecule has 1 fully saturated rings. The molecule has 18 heavy (non-hydrogen) atoms. The van der Waals surface area contributed by atoms with Gasteiger partial charge in [0.15, 0.2) is 0 Å². The lowest BCUT2D eigenvalue weighted by atomic mass is 10.0. The summed E-state index contributed by atoms with van der Waals surface area (Å²) in [6.07, 6.45) is 3.22. The molecule has 1 aliphatic rings. The third-order valence-electron chi connectivity index (χ3n) is 3.68. The van der Waals surface area contributed by atoms with E-state index in [1.165, 1.54) is 0 Å². The van der Waals surface area contributed by atoms with Gasteiger partial charge in [-0.15, -0.1) is 0 Å². The van der Waals surface area contributed by atoms with Crippen molar-refractivity contribution in [3.63, 3.8) is 0 Å². The van der Waals surface area contributed by atoms with E-state index in [0.29, 0.717) is 6.54 Å². The average Bonchev–Trinajstić information content (AvgIpc) is 2.40. The van der Waals surface area contributed by atoms with Gasteiger partial charge in [0.1, 0.15) is 0 Å². The minimum Gasteiger partial charge on any atom is -0.481 e. The molecule has 0 bridgehead atoms. The van der Waals surface area contributed by atoms with Crippen molar-refractivity contribution in [2.45, 2.75) is 45.6 Å². The molecule has 1 atom stereocenters. The maximum Gasteiger partial charge on any atom is 0.309 e. The van der Waals surface area contributed by atoms with Crippen molar-refractivity contribution in [3.05, 3.63) is 0 Å². The molecule has 5 heteroatoms. The van der Waals surface area contributed by atoms with E-state index in [1.54, 1.807) is 0 Å². The van der Waals surface area contributed by atoms with Gasteiger partial charge in [0.05, 0.1) is 11.5 Å². The molecule has 5 nitrogen and oxygen atoms in total. The summed E-state index contributed by atoms with van der Waals surface area (Å²) in [6, 6.07) is 0. The van der Waals surface area contributed by atoms with Crippen molar-refractivity contribution in [2.75, 3.05) is 19.6 Å². The van der Waals surface area contributed by atoms with Crippen LogP contribution in [0, 0.1) is 5.92 Å². The van der Waals surface area contributed by atoms with Crippen LogP contribution in [0.1, 0.15) is 40.0 Å². The summed E-state index contributed by atoms with van der Waals surface area (Å²) in [4.78, 5) is 25.1. The molecular weight excluding hydrogens is 232 g/mol. The molecule has 0 spiro atoms. The maximum atomic E-state index is 12.0. The Morgan fingerprint density at radius 2 is 2.17 bits per heavy atom. The summed E-state index contributed by atoms with van der Waals surface area (Å²) in [5.74, 6) is -1.44. The zero-order chi connectivity index (χ0) is 13.8. The first-order valence-electron chi connectivity index (χ1n) is 6.65. The molecule has 1 heterocycles. The zero-order valence-corrected chi connectivity index (χ0v) is 11.5. The summed E-state index contributed by atoms with van der Waals surface area (Å²) in [5.41, 5.74) is -0.627. The summed E-state index contributed by atoms with van der Waals surface area (Å²) < 4.78 is 0. The third kappa shape index (κ3) is 3.45. The summed E-state index contributed by atoms with van der Waals surface area (Å²) >= 11 is 0. The predicted octanol–water partition coefficient (Wildman–Crippen LogP) is 1.09. The number of carboxylic acid groups (broad SMARTS) is 1. The average molecular weight is 256 g/mol. The lowest BCUT2D eigenvalue weighted by Gasteiger charge is -2.35. The number of carbonyl (C=O) groups is 2. The van der Waals surface area contributed by atoms with Crippen molar-refractivity contribution in [1.82, 2.24) is 10.2 Å². The third-order valence-corrected chi connectivity index (χ3v) is 3.68. The second-order valence-electron chi connectivity index (χ2n) is 5.46. The van der Waals surface area contributed by atoms with Gasteiger partial charge >= 0.3 is 5.97 Å². The monoisotopic (exact) mass is 256 g/mol. The first-order chi connectivity index (χ1) is 8.39. The van der Waals surface area contributed by atoms with Gasteiger partial charge in [-0.2, -0.15) is 0 Å². The molecule has 0 aliphatic carbocycles. The fourth-order valence-electron chi connectivity index (χ4n) is 2.22. The minimum absolute atomic E-state index is 0.0808. The van der Waals surface area contributed by atoms with E-state index in [1.807, 2.05) is 18.7 Å². The highest BCUT2D eigenvalue weighted by molar-refractivity contribution is 5.86. The van der Waals surface area contributed by atoms with Crippen LogP contribution in [-0.2, 0) is 9.59 Å². The van der Waals surface area contributed by atoms with Crippen molar-refractivity contribution < 1.29 is 14.7 Å². The van der Waals surface area contributed by atoms with E-state index in [9.17, 15) is 9.59 Å². The Hall–Kier alpha value is -1.10. The molecule has 1 amide bonds. The zero-order valence-electron chi connectivity index (χ0n) is 11.5. The van der Waals surface area contributed by atoms with Crippen LogP contribution < -0.4 is 5.32 Å². The highest BCUT2D eigenvalue weighted by atomic mass is 16.4. The largest absolute Gasteiger partial charge is 0.481 e. The lowest BCUT2D eigenvalue weighted by molar-refractivity contribution is -0.142. The molecule has 2 N–H and O–H groups in total. The number of carbonyl (C=O) groups excluding carboxylic acids is 1. The molecular formula is C13H24N2O3. The number of nitrogens with zero attached hydrogens (tertiary/aromatic N) is 1. The Morgan fingerprint density at radius 3 is 2.72 bits per heavy atom. The molecule has 0 aromatic carbocycles. The number of unbranched alkanes of at least 4 members (excludes halogenated alkanes) is 2. The van der Waals surface area contributed by atoms with E-state index in [2.05, 4.69) is 12.2 Å². The van der Waals surface area contributed by atoms with Crippen molar-refractivity contribution >= 4 is 11.9 Å². The number of hydrogen-bond donors (Lipinski definition) is 2. The minimum atomic E-state index is -0.839. The van der Waals surface area contributed by atoms with Crippen LogP contribution >= 0.6 is 0 Å². The molecule has 0 radical (unpaired) electrons. The Balaban J connectivity index is 2.77. The predicted molar refractivity (Wildman–Crippen MR) is 69.3 cm³/mol. The number of hydrogen-bond acceptors (Lipinski definition) is 3. The molecule has 0 aromatic rings. The van der Waals surface area contributed by atoms with Crippen LogP contribution in [-0.4, -0.2) is 47.1 Å². The Labute approximate surface area is 109 Å². The van der Waals surface area contributed by atoms with E-state index in [0.717, 1.165) is 25.8 Å². The van der Waals surface area contributed by atoms with E-state index >= 15 is 0 Å². The van der Waals surface area contributed by atoms with Crippen LogP contribution in [0.3, 0.4) is 0 Å². The van der Waals surface area contributed by atoms with Gasteiger partial charge < -0.3 is 10.4 Å². The second-order valence-corrected chi connectivity index (χ2v) is 5.46. The number of nitrogens with one attached hydrogen (secondary N) is 1. The Morgan fingerprint density at radius 1 is 1.50 bits per heavy atom. The number of carboxylic acids is 1. The Kier molecular flexibility index (Phi) is 5.14. The van der Waals surface area contributed by atoms with Crippen LogP contribution in [0.25, 0.3) is 0 Å². The first-order valence-corrected chi connectivity index (χ1v) is 6.65. The van der Waals surface area contributed by atoms with Gasteiger partial charge in [0.25, 0.3) is 0 Å². The normalized spacial score (nSPS) is 24.4. The van der Waals surface area contributed by atoms with Gasteiger partial charge in [0.2, 0.25) is 5.91 Å². The first kappa shape index (κ1) is 15.0. The fraction of sp³-hybridized carbons (Fsp3) is 0.846. The van der Waals surface area contributed by atoms with Gasteiger partial charge in [-0.3, -0.25) is 14.5 Å². The standard InChI is InChI=1S/C13H24N2O3/c1-4-5-6-7-15-9-10(11(16)17)8-14-12(18)13(15,2)3/h10H,4-9H2,1-3H3,(H,14,18)(H,16,17). The van der Waals surface area contributed by atoms with Crippen LogP contribution in [0.4, 0.5) is 0 Å². The van der Waals surface area contributed by atoms with Crippen molar-refractivity contribution in [3.8, 4) is 0 Å². The molecule has 104 valence electrons. The number of amides is 1. The van der Waals surface area contributed by atoms with Gasteiger partial charge in [-0.1, -0.05) is 19.8 Å². The molecule has 1 rings (SSSR count). The van der Waals surface area contributed by atoms with E-state index in [-0.39, 0.29) is 12.5 Å². The summed E-state index contributed by atoms with van der Waals surface area (Å²) in [7, 11) is 0. The Bertz CT molecular complexity index is 315. The van der Waals surface area contributed by atoms with Crippen molar-refractivity contribution in [1.29, 1.82) is 0 Å². The van der Waals surface area contributed by atoms with Crippen LogP contribution in [0.2, 0.25) is 0 Å². The van der Waals surface area contributed by atoms with Crippen LogP contribution in [0.5, 0.6) is 0 Å². The van der Waals surface area contributed by atoms with Gasteiger partial charge in [-0.05, 0) is 26.8 Å². The second kappa shape index (κ2) is 6.18. The van der Waals surface area contributed by atoms with Crippen molar-refractivity contribution in [2.24, 2.45) is 5.92 Å². The smallest absolute Gasteiger partial charge is 0.309 e. The van der Waals surface area contributed by atoms with E-state index < -0.39 is 17.4 Å². The molecule has 0 saturated carbocycles. The number of aliphatic carboxylic acids is 1. The molecule has 1 saturated heterocycles.